The summed E-state index contributed by atoms with van der Waals surface area (Å²) < 4.78 is 28.8. The molecule has 0 unspecified atom stereocenters. The summed E-state index contributed by atoms with van der Waals surface area (Å²) in [5.74, 6) is 0. The van der Waals surface area contributed by atoms with Crippen molar-refractivity contribution in [1.82, 2.24) is 0 Å². The number of benzene rings is 8. The summed E-state index contributed by atoms with van der Waals surface area (Å²) in [4.78, 5) is 0. The molecule has 0 bridgehead atoms. The summed E-state index contributed by atoms with van der Waals surface area (Å²) in [7, 11) is -8.19. The Labute approximate surface area is 330 Å². The Kier molecular flexibility index (Phi) is 9.15. The number of fused-ring (bicyclic) bond motifs is 4. The van der Waals surface area contributed by atoms with E-state index in [4.69, 9.17) is 16.5 Å². The lowest BCUT2D eigenvalue weighted by Gasteiger charge is -2.55. The van der Waals surface area contributed by atoms with Gasteiger partial charge >= 0.3 is 36.4 Å². The Morgan fingerprint density at radius 3 is 1.20 bits per heavy atom. The molecule has 0 amide bonds. The molecule has 0 spiro atoms. The summed E-state index contributed by atoms with van der Waals surface area (Å²) in [6, 6.07) is 62.3. The van der Waals surface area contributed by atoms with Gasteiger partial charge in [-0.3, -0.25) is 0 Å². The summed E-state index contributed by atoms with van der Waals surface area (Å²) in [6.45, 7) is 11.0. The van der Waals surface area contributed by atoms with Crippen LogP contribution in [0.25, 0.3) is 43.1 Å². The molecule has 55 heavy (non-hydrogen) atoms. The molecular formula is C47H43O4Si4. The van der Waals surface area contributed by atoms with Crippen LogP contribution >= 0.6 is 0 Å². The quantitative estimate of drug-likeness (QED) is 0.157. The number of rotatable bonds is 6. The van der Waals surface area contributed by atoms with Gasteiger partial charge in [0, 0.05) is 5.41 Å². The average molecular weight is 784 g/mol. The van der Waals surface area contributed by atoms with Crippen molar-refractivity contribution in [1.29, 1.82) is 0 Å². The van der Waals surface area contributed by atoms with Crippen molar-refractivity contribution in [3.8, 4) is 0 Å². The van der Waals surface area contributed by atoms with Crippen molar-refractivity contribution < 1.29 is 16.5 Å². The van der Waals surface area contributed by atoms with Gasteiger partial charge < -0.3 is 16.5 Å². The van der Waals surface area contributed by atoms with Gasteiger partial charge in [0.15, 0.2) is 0 Å². The third kappa shape index (κ3) is 6.00. The molecule has 8 heteroatoms. The van der Waals surface area contributed by atoms with Crippen LogP contribution in [0.5, 0.6) is 0 Å². The van der Waals surface area contributed by atoms with Crippen molar-refractivity contribution in [2.45, 2.75) is 43.6 Å². The first-order chi connectivity index (χ1) is 26.6. The Bertz CT molecular complexity index is 2530. The largest absolute Gasteiger partial charge is 0.416 e. The van der Waals surface area contributed by atoms with Gasteiger partial charge in [0.05, 0.1) is 5.04 Å². The Morgan fingerprint density at radius 1 is 0.436 bits per heavy atom. The molecule has 0 N–H and O–H groups in total. The topological polar surface area (TPSA) is 36.9 Å². The van der Waals surface area contributed by atoms with Gasteiger partial charge in [0.25, 0.3) is 0 Å². The van der Waals surface area contributed by atoms with Gasteiger partial charge in [-0.2, -0.15) is 0 Å². The van der Waals surface area contributed by atoms with E-state index in [0.717, 1.165) is 32.7 Å². The fourth-order valence-electron chi connectivity index (χ4n) is 9.27. The monoisotopic (exact) mass is 783 g/mol. The molecule has 8 aromatic carbocycles. The van der Waals surface area contributed by atoms with E-state index in [0.29, 0.717) is 0 Å². The summed E-state index contributed by atoms with van der Waals surface area (Å²) >= 11 is 0. The molecule has 9 rings (SSSR count). The maximum absolute atomic E-state index is 7.76. The van der Waals surface area contributed by atoms with Crippen LogP contribution in [0, 0.1) is 0 Å². The van der Waals surface area contributed by atoms with Gasteiger partial charge in [-0.15, -0.1) is 0 Å². The van der Waals surface area contributed by atoms with Crippen molar-refractivity contribution in [3.05, 3.63) is 192 Å². The fraction of sp³-hybridized carbons (Fsp3) is 0.149. The first-order valence-corrected chi connectivity index (χ1v) is 26.7. The van der Waals surface area contributed by atoms with E-state index in [1.165, 1.54) is 32.7 Å². The Morgan fingerprint density at radius 2 is 0.782 bits per heavy atom. The van der Waals surface area contributed by atoms with E-state index in [-0.39, 0.29) is 10.0 Å². The third-order valence-electron chi connectivity index (χ3n) is 11.4. The van der Waals surface area contributed by atoms with Crippen LogP contribution in [-0.4, -0.2) is 36.4 Å². The van der Waals surface area contributed by atoms with Crippen LogP contribution in [0.2, 0.25) is 26.2 Å². The van der Waals surface area contributed by atoms with Crippen molar-refractivity contribution in [3.63, 3.8) is 0 Å². The van der Waals surface area contributed by atoms with Gasteiger partial charge in [-0.05, 0) is 91.5 Å². The first kappa shape index (κ1) is 36.2. The highest BCUT2D eigenvalue weighted by Gasteiger charge is 2.64. The Balaban J connectivity index is 1.57. The predicted octanol–water partition coefficient (Wildman–Crippen LogP) is 11.6. The molecule has 3 radical (unpaired) electrons. The molecular weight excluding hydrogens is 741 g/mol. The minimum Gasteiger partial charge on any atom is -0.416 e. The average Bonchev–Trinajstić information content (AvgIpc) is 3.19. The van der Waals surface area contributed by atoms with Crippen molar-refractivity contribution >= 4 is 79.5 Å². The van der Waals surface area contributed by atoms with Crippen LogP contribution in [0.15, 0.2) is 170 Å². The normalized spacial score (nSPS) is 16.7. The molecule has 8 aromatic rings. The highest BCUT2D eigenvalue weighted by Crippen LogP contribution is 2.59. The molecule has 0 aliphatic carbocycles. The van der Waals surface area contributed by atoms with Crippen LogP contribution in [-0.2, 0) is 26.9 Å². The Hall–Kier alpha value is -4.49. The highest BCUT2D eigenvalue weighted by molar-refractivity contribution is 6.85. The van der Waals surface area contributed by atoms with E-state index in [1.54, 1.807) is 0 Å². The second kappa shape index (κ2) is 13.9. The highest BCUT2D eigenvalue weighted by atomic mass is 28.5. The summed E-state index contributed by atoms with van der Waals surface area (Å²) in [6.07, 6.45) is 0. The lowest BCUT2D eigenvalue weighted by atomic mass is 9.59. The maximum atomic E-state index is 7.76. The van der Waals surface area contributed by atoms with E-state index < -0.39 is 36.9 Å². The lowest BCUT2D eigenvalue weighted by Crippen LogP contribution is -2.66. The molecule has 1 aliphatic rings. The van der Waals surface area contributed by atoms with Crippen LogP contribution in [0.1, 0.15) is 29.2 Å². The second-order valence-corrected chi connectivity index (χ2v) is 25.9. The lowest BCUT2D eigenvalue weighted by molar-refractivity contribution is 0.243. The molecule has 1 heterocycles. The molecule has 271 valence electrons. The van der Waals surface area contributed by atoms with Crippen molar-refractivity contribution in [2.24, 2.45) is 0 Å². The predicted molar refractivity (Wildman–Crippen MR) is 234 cm³/mol. The van der Waals surface area contributed by atoms with Crippen LogP contribution in [0.4, 0.5) is 0 Å². The van der Waals surface area contributed by atoms with Crippen LogP contribution in [0.3, 0.4) is 0 Å². The zero-order valence-electron chi connectivity index (χ0n) is 31.8. The SMILES string of the molecule is CC(c1cccc2ccccc12)(c1cccc2ccccc12)C(c1cccc2ccccc12)(c1cccc2ccccc12)[Si]1O[Si]O[Si](C)(C)O[Si](C)(C)O1. The van der Waals surface area contributed by atoms with Gasteiger partial charge in [-0.1, -0.05) is 177 Å². The van der Waals surface area contributed by atoms with Gasteiger partial charge in [0.1, 0.15) is 0 Å². The van der Waals surface area contributed by atoms with E-state index in [9.17, 15) is 0 Å². The third-order valence-corrected chi connectivity index (χ3v) is 23.0. The zero-order chi connectivity index (χ0) is 37.8. The molecule has 0 saturated carbocycles. The number of hydrogen-bond donors (Lipinski definition) is 0. The number of hydrogen-bond acceptors (Lipinski definition) is 4. The molecule has 0 aromatic heterocycles. The molecule has 1 saturated heterocycles. The minimum absolute atomic E-state index is 0.249. The van der Waals surface area contributed by atoms with E-state index in [2.05, 4.69) is 203 Å². The molecule has 0 atom stereocenters. The summed E-state index contributed by atoms with van der Waals surface area (Å²) in [5, 5.41) is 8.45. The second-order valence-electron chi connectivity index (χ2n) is 15.6. The minimum atomic E-state index is -2.91. The zero-order valence-corrected chi connectivity index (χ0v) is 35.8. The molecule has 1 aliphatic heterocycles. The van der Waals surface area contributed by atoms with E-state index in [1.807, 2.05) is 0 Å². The maximum Gasteiger partial charge on any atom is 0.413 e. The first-order valence-electron chi connectivity index (χ1n) is 18.9. The van der Waals surface area contributed by atoms with E-state index >= 15 is 0 Å². The van der Waals surface area contributed by atoms with Crippen molar-refractivity contribution in [2.75, 3.05) is 0 Å². The standard InChI is InChI=1S/C47H43O4Si4/c1-46(42-30-14-22-34-18-6-10-26-38(34)42,43-31-15-23-35-19-7-11-27-39(35)43)47(44-32-16-24-36-20-8-12-28-40(36)44,45-33-17-25-37-21-9-13-29-41(37)45)53-48-52-49-54(2,3)51-55(4,5)50-53/h6-33H,1-5H3. The summed E-state index contributed by atoms with van der Waals surface area (Å²) in [5.41, 5.74) is 3.90. The van der Waals surface area contributed by atoms with Crippen LogP contribution < -0.4 is 0 Å². The smallest absolute Gasteiger partial charge is 0.413 e. The molecule has 4 nitrogen and oxygen atoms in total. The fourth-order valence-corrected chi connectivity index (χ4v) is 21.8. The molecule has 1 fully saturated rings. The van der Waals surface area contributed by atoms with Gasteiger partial charge in [0.2, 0.25) is 0 Å². The van der Waals surface area contributed by atoms with Gasteiger partial charge in [-0.25, -0.2) is 0 Å².